The summed E-state index contributed by atoms with van der Waals surface area (Å²) in [7, 11) is 0. The van der Waals surface area contributed by atoms with E-state index in [1.165, 1.54) is 5.56 Å². The standard InChI is InChI=1S/C13H13NO2S/c1-9-2-3-11(13(15)16)6-12(9)14-7-10-4-5-17-8-10/h2-6,8,14H,7H2,1H3,(H,15,16). The van der Waals surface area contributed by atoms with Crippen molar-refractivity contribution in [3.8, 4) is 0 Å². The Morgan fingerprint density at radius 1 is 1.41 bits per heavy atom. The third-order valence-electron chi connectivity index (χ3n) is 2.55. The van der Waals surface area contributed by atoms with Crippen molar-refractivity contribution in [3.05, 3.63) is 51.7 Å². The number of thiophene rings is 1. The van der Waals surface area contributed by atoms with Crippen molar-refractivity contribution < 1.29 is 9.90 Å². The van der Waals surface area contributed by atoms with Gasteiger partial charge in [-0.3, -0.25) is 0 Å². The summed E-state index contributed by atoms with van der Waals surface area (Å²) < 4.78 is 0. The van der Waals surface area contributed by atoms with Gasteiger partial charge in [-0.1, -0.05) is 6.07 Å². The molecular weight excluding hydrogens is 234 g/mol. The van der Waals surface area contributed by atoms with Crippen molar-refractivity contribution in [2.45, 2.75) is 13.5 Å². The third-order valence-corrected chi connectivity index (χ3v) is 3.28. The second-order valence-electron chi connectivity index (χ2n) is 3.82. The Hall–Kier alpha value is -1.81. The molecule has 17 heavy (non-hydrogen) atoms. The molecule has 3 nitrogen and oxygen atoms in total. The molecule has 2 rings (SSSR count). The number of nitrogens with one attached hydrogen (secondary N) is 1. The fraction of sp³-hybridized carbons (Fsp3) is 0.154. The maximum atomic E-state index is 10.9. The highest BCUT2D eigenvalue weighted by atomic mass is 32.1. The number of carbonyl (C=O) groups is 1. The fourth-order valence-corrected chi connectivity index (χ4v) is 2.20. The Kier molecular flexibility index (Phi) is 3.44. The number of aryl methyl sites for hydroxylation is 1. The number of hydrogen-bond donors (Lipinski definition) is 2. The molecule has 0 aliphatic heterocycles. The topological polar surface area (TPSA) is 49.3 Å². The van der Waals surface area contributed by atoms with Gasteiger partial charge in [-0.15, -0.1) is 0 Å². The maximum absolute atomic E-state index is 10.9. The Bertz CT molecular complexity index is 520. The molecule has 0 spiro atoms. The van der Waals surface area contributed by atoms with Crippen LogP contribution < -0.4 is 5.32 Å². The largest absolute Gasteiger partial charge is 0.478 e. The number of rotatable bonds is 4. The molecular formula is C13H13NO2S. The normalized spacial score (nSPS) is 10.2. The van der Waals surface area contributed by atoms with Crippen molar-refractivity contribution >= 4 is 23.0 Å². The summed E-state index contributed by atoms with van der Waals surface area (Å²) in [5.41, 5.74) is 3.43. The maximum Gasteiger partial charge on any atom is 0.335 e. The highest BCUT2D eigenvalue weighted by molar-refractivity contribution is 7.07. The van der Waals surface area contributed by atoms with Crippen LogP contribution in [0.3, 0.4) is 0 Å². The van der Waals surface area contributed by atoms with Crippen LogP contribution in [-0.2, 0) is 6.54 Å². The van der Waals surface area contributed by atoms with Crippen LogP contribution in [0.1, 0.15) is 21.5 Å². The van der Waals surface area contributed by atoms with Crippen LogP contribution in [0.15, 0.2) is 35.0 Å². The average Bonchev–Trinajstić information content (AvgIpc) is 2.80. The van der Waals surface area contributed by atoms with Crippen molar-refractivity contribution in [2.24, 2.45) is 0 Å². The van der Waals surface area contributed by atoms with Gasteiger partial charge in [0.25, 0.3) is 0 Å². The first-order valence-electron chi connectivity index (χ1n) is 5.25. The van der Waals surface area contributed by atoms with E-state index in [4.69, 9.17) is 5.11 Å². The summed E-state index contributed by atoms with van der Waals surface area (Å²) in [4.78, 5) is 10.9. The molecule has 0 radical (unpaired) electrons. The Balaban J connectivity index is 2.14. The predicted octanol–water partition coefficient (Wildman–Crippen LogP) is 3.37. The first-order chi connectivity index (χ1) is 8.16. The molecule has 0 aliphatic rings. The number of aromatic carboxylic acids is 1. The van der Waals surface area contributed by atoms with E-state index in [1.807, 2.05) is 24.4 Å². The minimum absolute atomic E-state index is 0.309. The number of carboxylic acid groups (broad SMARTS) is 1. The van der Waals surface area contributed by atoms with Gasteiger partial charge in [0.15, 0.2) is 0 Å². The highest BCUT2D eigenvalue weighted by Crippen LogP contribution is 2.18. The minimum Gasteiger partial charge on any atom is -0.478 e. The number of benzene rings is 1. The van der Waals surface area contributed by atoms with Gasteiger partial charge < -0.3 is 10.4 Å². The molecule has 0 amide bonds. The number of hydrogen-bond acceptors (Lipinski definition) is 3. The first kappa shape index (κ1) is 11.7. The molecule has 0 saturated heterocycles. The zero-order valence-corrected chi connectivity index (χ0v) is 10.3. The quantitative estimate of drug-likeness (QED) is 0.871. The van der Waals surface area contributed by atoms with Gasteiger partial charge in [0.2, 0.25) is 0 Å². The van der Waals surface area contributed by atoms with Crippen LogP contribution in [-0.4, -0.2) is 11.1 Å². The summed E-state index contributed by atoms with van der Waals surface area (Å²) >= 11 is 1.65. The van der Waals surface area contributed by atoms with E-state index < -0.39 is 5.97 Å². The van der Waals surface area contributed by atoms with Gasteiger partial charge in [-0.25, -0.2) is 4.79 Å². The lowest BCUT2D eigenvalue weighted by atomic mass is 10.1. The van der Waals surface area contributed by atoms with Crippen LogP contribution in [0.4, 0.5) is 5.69 Å². The monoisotopic (exact) mass is 247 g/mol. The molecule has 88 valence electrons. The number of anilines is 1. The van der Waals surface area contributed by atoms with Crippen LogP contribution in [0.5, 0.6) is 0 Å². The van der Waals surface area contributed by atoms with E-state index in [1.54, 1.807) is 23.5 Å². The van der Waals surface area contributed by atoms with Crippen LogP contribution in [0.2, 0.25) is 0 Å². The van der Waals surface area contributed by atoms with Gasteiger partial charge >= 0.3 is 5.97 Å². The molecule has 4 heteroatoms. The Morgan fingerprint density at radius 2 is 2.24 bits per heavy atom. The summed E-state index contributed by atoms with van der Waals surface area (Å²) in [5, 5.41) is 16.3. The average molecular weight is 247 g/mol. The van der Waals surface area contributed by atoms with E-state index >= 15 is 0 Å². The van der Waals surface area contributed by atoms with Crippen molar-refractivity contribution in [1.82, 2.24) is 0 Å². The number of carboxylic acids is 1. The molecule has 0 bridgehead atoms. The van der Waals surface area contributed by atoms with Gasteiger partial charge in [-0.2, -0.15) is 11.3 Å². The molecule has 0 unspecified atom stereocenters. The van der Waals surface area contributed by atoms with Crippen LogP contribution in [0.25, 0.3) is 0 Å². The molecule has 0 saturated carbocycles. The lowest BCUT2D eigenvalue weighted by Crippen LogP contribution is -2.03. The van der Waals surface area contributed by atoms with E-state index in [0.717, 1.165) is 11.3 Å². The lowest BCUT2D eigenvalue weighted by molar-refractivity contribution is 0.0697. The SMILES string of the molecule is Cc1ccc(C(=O)O)cc1NCc1ccsc1. The Morgan fingerprint density at radius 3 is 2.88 bits per heavy atom. The smallest absolute Gasteiger partial charge is 0.335 e. The van der Waals surface area contributed by atoms with Gasteiger partial charge in [0.1, 0.15) is 0 Å². The van der Waals surface area contributed by atoms with Crippen molar-refractivity contribution in [1.29, 1.82) is 0 Å². The van der Waals surface area contributed by atoms with E-state index in [0.29, 0.717) is 12.1 Å². The van der Waals surface area contributed by atoms with E-state index in [-0.39, 0.29) is 0 Å². The second-order valence-corrected chi connectivity index (χ2v) is 4.60. The predicted molar refractivity (Wildman–Crippen MR) is 69.8 cm³/mol. The third kappa shape index (κ3) is 2.85. The lowest BCUT2D eigenvalue weighted by Gasteiger charge is -2.09. The summed E-state index contributed by atoms with van der Waals surface area (Å²) in [6.07, 6.45) is 0. The van der Waals surface area contributed by atoms with Gasteiger partial charge in [0, 0.05) is 12.2 Å². The van der Waals surface area contributed by atoms with Gasteiger partial charge in [-0.05, 0) is 47.0 Å². The molecule has 0 atom stereocenters. The summed E-state index contributed by atoms with van der Waals surface area (Å²) in [5.74, 6) is -0.899. The molecule has 1 heterocycles. The Labute approximate surface area is 104 Å². The summed E-state index contributed by atoms with van der Waals surface area (Å²) in [6.45, 7) is 2.68. The van der Waals surface area contributed by atoms with Crippen molar-refractivity contribution in [2.75, 3.05) is 5.32 Å². The van der Waals surface area contributed by atoms with E-state index in [2.05, 4.69) is 10.7 Å². The molecule has 2 N–H and O–H groups in total. The molecule has 1 aromatic heterocycles. The fourth-order valence-electron chi connectivity index (χ4n) is 1.54. The molecule has 2 aromatic rings. The van der Waals surface area contributed by atoms with Crippen LogP contribution in [0, 0.1) is 6.92 Å². The van der Waals surface area contributed by atoms with E-state index in [9.17, 15) is 4.79 Å². The first-order valence-corrected chi connectivity index (χ1v) is 6.20. The molecule has 0 aliphatic carbocycles. The minimum atomic E-state index is -0.899. The second kappa shape index (κ2) is 5.01. The van der Waals surface area contributed by atoms with Crippen LogP contribution >= 0.6 is 11.3 Å². The van der Waals surface area contributed by atoms with Gasteiger partial charge in [0.05, 0.1) is 5.56 Å². The zero-order chi connectivity index (χ0) is 12.3. The molecule has 0 fully saturated rings. The molecule has 1 aromatic carbocycles. The van der Waals surface area contributed by atoms with Crippen molar-refractivity contribution in [3.63, 3.8) is 0 Å². The summed E-state index contributed by atoms with van der Waals surface area (Å²) in [6, 6.07) is 7.16. The highest BCUT2D eigenvalue weighted by Gasteiger charge is 2.05. The zero-order valence-electron chi connectivity index (χ0n) is 9.43.